The third-order valence-corrected chi connectivity index (χ3v) is 12.5. The number of hydrogen-bond acceptors (Lipinski definition) is 0. The number of benzene rings is 2. The largest absolute Gasteiger partial charge is 1.00 e. The zero-order chi connectivity index (χ0) is 24.2. The number of allylic oxidation sites excluding steroid dienone is 10. The van der Waals surface area contributed by atoms with E-state index in [9.17, 15) is 0 Å². The Morgan fingerprint density at radius 3 is 1.43 bits per heavy atom. The maximum absolute atomic E-state index is 2.47. The van der Waals surface area contributed by atoms with E-state index in [0.29, 0.717) is 11.8 Å². The summed E-state index contributed by atoms with van der Waals surface area (Å²) >= 11 is -0.868. The molecule has 0 fully saturated rings. The summed E-state index contributed by atoms with van der Waals surface area (Å²) in [5, 5.41) is 0. The maximum Gasteiger partial charge on any atom is -1.00 e. The van der Waals surface area contributed by atoms with Gasteiger partial charge in [-0.3, -0.25) is 0 Å². The molecule has 3 heteroatoms. The van der Waals surface area contributed by atoms with Gasteiger partial charge < -0.3 is 24.8 Å². The van der Waals surface area contributed by atoms with Gasteiger partial charge in [0.1, 0.15) is 0 Å². The Hall–Kier alpha value is -1.66. The first-order valence-electron chi connectivity index (χ1n) is 13.0. The summed E-state index contributed by atoms with van der Waals surface area (Å²) in [6, 6.07) is 17.9. The number of halogens is 2. The Balaban J connectivity index is 0.00000160. The number of hydrogen-bond donors (Lipinski definition) is 0. The average Bonchev–Trinajstić information content (AvgIpc) is 3.64. The molecule has 37 heavy (non-hydrogen) atoms. The Morgan fingerprint density at radius 2 is 1.00 bits per heavy atom. The number of rotatable bonds is 6. The van der Waals surface area contributed by atoms with Gasteiger partial charge in [0.05, 0.1) is 0 Å². The second-order valence-corrected chi connectivity index (χ2v) is 15.1. The van der Waals surface area contributed by atoms with Gasteiger partial charge in [0.2, 0.25) is 0 Å². The van der Waals surface area contributed by atoms with E-state index in [1.54, 1.807) is 17.7 Å². The molecule has 0 heterocycles. The molecule has 2 aromatic carbocycles. The fourth-order valence-electron chi connectivity index (χ4n) is 6.73. The summed E-state index contributed by atoms with van der Waals surface area (Å²) in [6.45, 7) is 9.89. The Labute approximate surface area is 246 Å². The van der Waals surface area contributed by atoms with Gasteiger partial charge in [0.15, 0.2) is 0 Å². The molecule has 0 aromatic heterocycles. The Morgan fingerprint density at radius 1 is 0.595 bits per heavy atom. The first kappa shape index (κ1) is 28.4. The standard InChI is InChI=1S/2C17H17.2ClH.Zr/c2*1-17(2,14-8-4-5-9-14)16-12-11-13-7-3-6-10-15(13)16;;;/h2*3-4,6-8,10-12,16H,5H2,1-2H3;2*1H;/q;;;;+2/p-2. The van der Waals surface area contributed by atoms with Crippen molar-refractivity contribution in [2.24, 2.45) is 10.8 Å². The van der Waals surface area contributed by atoms with Gasteiger partial charge in [-0.25, -0.2) is 0 Å². The van der Waals surface area contributed by atoms with Crippen LogP contribution < -0.4 is 24.8 Å². The summed E-state index contributed by atoms with van der Waals surface area (Å²) in [6.07, 6.45) is 21.7. The van der Waals surface area contributed by atoms with E-state index < -0.39 is 23.2 Å². The van der Waals surface area contributed by atoms with Gasteiger partial charge in [0, 0.05) is 0 Å². The molecule has 0 spiro atoms. The van der Waals surface area contributed by atoms with Crippen LogP contribution in [-0.4, -0.2) is 0 Å². The Bertz CT molecular complexity index is 1270. The van der Waals surface area contributed by atoms with Crippen molar-refractivity contribution in [3.63, 3.8) is 0 Å². The number of fused-ring (bicyclic) bond motifs is 2. The molecule has 0 amide bonds. The monoisotopic (exact) mass is 602 g/mol. The summed E-state index contributed by atoms with van der Waals surface area (Å²) < 4.78 is 3.57. The first-order chi connectivity index (χ1) is 16.9. The minimum absolute atomic E-state index is 0. The average molecular weight is 605 g/mol. The van der Waals surface area contributed by atoms with Crippen LogP contribution >= 0.6 is 0 Å². The van der Waals surface area contributed by atoms with E-state index in [1.807, 2.05) is 0 Å². The topological polar surface area (TPSA) is 0 Å². The first-order valence-corrected chi connectivity index (χ1v) is 15.4. The zero-order valence-electron chi connectivity index (χ0n) is 22.1. The van der Waals surface area contributed by atoms with Crippen LogP contribution in [0.1, 0.15) is 74.6 Å². The summed E-state index contributed by atoms with van der Waals surface area (Å²) in [5.74, 6) is 0.912. The summed E-state index contributed by atoms with van der Waals surface area (Å²) in [7, 11) is 0. The molecule has 2 unspecified atom stereocenters. The van der Waals surface area contributed by atoms with Crippen LogP contribution in [0.15, 0.2) is 103 Å². The van der Waals surface area contributed by atoms with Crippen LogP contribution in [0.25, 0.3) is 12.2 Å². The SMILES string of the molecule is CC(C)(C1=[C]([Zr+2][C]2=C(C(C)(C)C3C=Cc4ccccc43)C=CC2)CC=C1)C1C=Cc2ccccc21.[Cl-].[Cl-]. The quantitative estimate of drug-likeness (QED) is 0.476. The molecule has 4 aliphatic carbocycles. The van der Waals surface area contributed by atoms with Crippen molar-refractivity contribution in [1.82, 2.24) is 0 Å². The van der Waals surface area contributed by atoms with Crippen LogP contribution in [0, 0.1) is 10.8 Å². The minimum atomic E-state index is -0.868. The van der Waals surface area contributed by atoms with Crippen molar-refractivity contribution in [2.45, 2.75) is 52.4 Å². The van der Waals surface area contributed by atoms with Gasteiger partial charge in [-0.15, -0.1) is 0 Å². The summed E-state index contributed by atoms with van der Waals surface area (Å²) in [5.41, 5.74) is 9.24. The molecular weight excluding hydrogens is 571 g/mol. The normalized spacial score (nSPS) is 21.2. The molecule has 0 saturated carbocycles. The minimum Gasteiger partial charge on any atom is -1.00 e. The van der Waals surface area contributed by atoms with Crippen molar-refractivity contribution in [3.05, 3.63) is 125 Å². The zero-order valence-corrected chi connectivity index (χ0v) is 26.0. The van der Waals surface area contributed by atoms with Crippen LogP contribution in [0.3, 0.4) is 0 Å². The molecule has 188 valence electrons. The van der Waals surface area contributed by atoms with Gasteiger partial charge in [-0.2, -0.15) is 0 Å². The molecule has 0 N–H and O–H groups in total. The van der Waals surface area contributed by atoms with Crippen LogP contribution in [0.5, 0.6) is 0 Å². The van der Waals surface area contributed by atoms with Crippen molar-refractivity contribution in [1.29, 1.82) is 0 Å². The van der Waals surface area contributed by atoms with Crippen molar-refractivity contribution >= 4 is 12.2 Å². The van der Waals surface area contributed by atoms with E-state index in [4.69, 9.17) is 0 Å². The fraction of sp³-hybridized carbons (Fsp3) is 0.294. The third kappa shape index (κ3) is 4.82. The van der Waals surface area contributed by atoms with E-state index >= 15 is 0 Å². The van der Waals surface area contributed by atoms with E-state index in [0.717, 1.165) is 12.8 Å². The molecule has 4 aliphatic rings. The van der Waals surface area contributed by atoms with Crippen LogP contribution in [0.4, 0.5) is 0 Å². The summed E-state index contributed by atoms with van der Waals surface area (Å²) in [4.78, 5) is 0. The molecular formula is C34H34Cl2Zr. The molecule has 6 rings (SSSR count). The fourth-order valence-corrected chi connectivity index (χ4v) is 11.4. The predicted octanol–water partition coefficient (Wildman–Crippen LogP) is 3.18. The van der Waals surface area contributed by atoms with Gasteiger partial charge in [-0.1, -0.05) is 0 Å². The molecule has 0 nitrogen and oxygen atoms in total. The van der Waals surface area contributed by atoms with E-state index in [1.165, 1.54) is 22.3 Å². The van der Waals surface area contributed by atoms with E-state index in [2.05, 4.69) is 125 Å². The molecule has 0 aliphatic heterocycles. The van der Waals surface area contributed by atoms with Gasteiger partial charge >= 0.3 is 224 Å². The predicted molar refractivity (Wildman–Crippen MR) is 146 cm³/mol. The molecule has 0 saturated heterocycles. The van der Waals surface area contributed by atoms with Crippen molar-refractivity contribution in [3.8, 4) is 0 Å². The molecule has 2 atom stereocenters. The van der Waals surface area contributed by atoms with Crippen molar-refractivity contribution < 1.29 is 48.0 Å². The van der Waals surface area contributed by atoms with Crippen molar-refractivity contribution in [2.75, 3.05) is 0 Å². The smallest absolute Gasteiger partial charge is 1.00 e. The maximum atomic E-state index is 2.47. The van der Waals surface area contributed by atoms with E-state index in [-0.39, 0.29) is 35.6 Å². The van der Waals surface area contributed by atoms with Gasteiger partial charge in [0.25, 0.3) is 0 Å². The second kappa shape index (κ2) is 10.8. The second-order valence-electron chi connectivity index (χ2n) is 11.5. The van der Waals surface area contributed by atoms with Gasteiger partial charge in [-0.05, 0) is 0 Å². The van der Waals surface area contributed by atoms with Crippen LogP contribution in [-0.2, 0) is 23.2 Å². The van der Waals surface area contributed by atoms with Crippen LogP contribution in [0.2, 0.25) is 0 Å². The third-order valence-electron chi connectivity index (χ3n) is 8.71. The molecule has 0 radical (unpaired) electrons. The molecule has 2 aromatic rings. The molecule has 0 bridgehead atoms. The Kier molecular flexibility index (Phi) is 8.31.